The summed E-state index contributed by atoms with van der Waals surface area (Å²) in [6.45, 7) is -1.06. The molecule has 5 nitrogen and oxygen atoms in total. The first-order chi connectivity index (χ1) is 11.0. The molecule has 0 unspecified atom stereocenters. The number of rotatable bonds is 6. The van der Waals surface area contributed by atoms with Crippen molar-refractivity contribution >= 4 is 0 Å². The van der Waals surface area contributed by atoms with Gasteiger partial charge in [-0.15, -0.1) is 0 Å². The first-order valence-corrected chi connectivity index (χ1v) is 7.99. The summed E-state index contributed by atoms with van der Waals surface area (Å²) < 4.78 is 39.3. The van der Waals surface area contributed by atoms with Crippen LogP contribution in [0.3, 0.4) is 0 Å². The Hall–Kier alpha value is -1.86. The van der Waals surface area contributed by atoms with E-state index in [-0.39, 0.29) is 5.92 Å². The van der Waals surface area contributed by atoms with Gasteiger partial charge in [0.25, 0.3) is 0 Å². The highest BCUT2D eigenvalue weighted by molar-refractivity contribution is 5.05. The summed E-state index contributed by atoms with van der Waals surface area (Å²) in [6.07, 6.45) is 5.38. The number of nitrogens with one attached hydrogen (secondary N) is 1. The van der Waals surface area contributed by atoms with E-state index in [9.17, 15) is 13.2 Å². The first kappa shape index (κ1) is 16.0. The van der Waals surface area contributed by atoms with Gasteiger partial charge in [0.05, 0.1) is 6.20 Å². The highest BCUT2D eigenvalue weighted by Crippen LogP contribution is 2.32. The summed E-state index contributed by atoms with van der Waals surface area (Å²) >= 11 is 0. The lowest BCUT2D eigenvalue weighted by Gasteiger charge is -2.08. The molecule has 8 heteroatoms. The molecule has 0 bridgehead atoms. The molecule has 2 heterocycles. The molecule has 0 radical (unpaired) electrons. The Morgan fingerprint density at radius 2 is 2.00 bits per heavy atom. The molecule has 1 saturated carbocycles. The molecule has 1 fully saturated rings. The van der Waals surface area contributed by atoms with E-state index in [0.717, 1.165) is 48.8 Å². The van der Waals surface area contributed by atoms with Crippen molar-refractivity contribution in [2.24, 2.45) is 0 Å². The Morgan fingerprint density at radius 1 is 1.22 bits per heavy atom. The smallest absolute Gasteiger partial charge is 0.285 e. The number of hydrogen-bond acceptors (Lipinski definition) is 3. The van der Waals surface area contributed by atoms with Crippen LogP contribution in [0.2, 0.25) is 0 Å². The fourth-order valence-electron chi connectivity index (χ4n) is 3.10. The van der Waals surface area contributed by atoms with E-state index < -0.39 is 12.7 Å². The molecular formula is C15H20F3N5. The second kappa shape index (κ2) is 6.72. The van der Waals surface area contributed by atoms with E-state index >= 15 is 0 Å². The van der Waals surface area contributed by atoms with Crippen molar-refractivity contribution in [2.75, 3.05) is 0 Å². The Balaban J connectivity index is 1.70. The third-order valence-corrected chi connectivity index (χ3v) is 4.23. The van der Waals surface area contributed by atoms with Crippen LogP contribution in [0, 0.1) is 0 Å². The Kier molecular flexibility index (Phi) is 4.68. The molecule has 3 rings (SSSR count). The van der Waals surface area contributed by atoms with Crippen molar-refractivity contribution in [1.29, 1.82) is 0 Å². The molecule has 23 heavy (non-hydrogen) atoms. The second-order valence-corrected chi connectivity index (χ2v) is 6.10. The lowest BCUT2D eigenvalue weighted by Crippen LogP contribution is -2.20. The maximum absolute atomic E-state index is 12.8. The number of H-pyrrole nitrogens is 1. The molecule has 1 aliphatic carbocycles. The highest BCUT2D eigenvalue weighted by Gasteiger charge is 2.31. The zero-order valence-corrected chi connectivity index (χ0v) is 12.8. The molecule has 1 aliphatic rings. The summed E-state index contributed by atoms with van der Waals surface area (Å²) in [6, 6.07) is 0. The third-order valence-electron chi connectivity index (χ3n) is 4.23. The molecule has 1 N–H and O–H groups in total. The summed E-state index contributed by atoms with van der Waals surface area (Å²) in [5.74, 6) is 1.25. The van der Waals surface area contributed by atoms with Crippen molar-refractivity contribution < 1.29 is 13.2 Å². The van der Waals surface area contributed by atoms with Crippen molar-refractivity contribution in [3.8, 4) is 0 Å². The van der Waals surface area contributed by atoms with Crippen molar-refractivity contribution in [2.45, 2.75) is 63.6 Å². The van der Waals surface area contributed by atoms with E-state index in [0.29, 0.717) is 18.1 Å². The fourth-order valence-corrected chi connectivity index (χ4v) is 3.10. The minimum absolute atomic E-state index is 0.220. The second-order valence-electron chi connectivity index (χ2n) is 6.10. The van der Waals surface area contributed by atoms with Crippen LogP contribution in [0.4, 0.5) is 13.2 Å². The number of aromatic amines is 1. The third kappa shape index (κ3) is 4.33. The van der Waals surface area contributed by atoms with Crippen LogP contribution in [0.15, 0.2) is 12.4 Å². The summed E-state index contributed by atoms with van der Waals surface area (Å²) in [5.41, 5.74) is 1.04. The van der Waals surface area contributed by atoms with Gasteiger partial charge in [-0.1, -0.05) is 12.8 Å². The van der Waals surface area contributed by atoms with E-state index in [1.165, 1.54) is 0 Å². The minimum Gasteiger partial charge on any atom is -0.285 e. The molecule has 0 atom stereocenters. The molecule has 2 aromatic rings. The summed E-state index contributed by atoms with van der Waals surface area (Å²) in [7, 11) is 0. The Labute approximate surface area is 132 Å². The Morgan fingerprint density at radius 3 is 2.65 bits per heavy atom. The molecule has 0 amide bonds. The minimum atomic E-state index is -4.28. The number of hydrogen-bond donors (Lipinski definition) is 1. The van der Waals surface area contributed by atoms with Crippen molar-refractivity contribution in [3.05, 3.63) is 29.6 Å². The molecule has 0 spiro atoms. The predicted octanol–water partition coefficient (Wildman–Crippen LogP) is 3.40. The average Bonchev–Trinajstić information content (AvgIpc) is 3.18. The SMILES string of the molecule is FC(F)(F)Cn1nc(C2CCCC2)nc1CCCc1cn[nH]c1. The van der Waals surface area contributed by atoms with Crippen LogP contribution in [0.5, 0.6) is 0 Å². The molecule has 0 saturated heterocycles. The van der Waals surface area contributed by atoms with Crippen LogP contribution in [0.1, 0.15) is 55.2 Å². The fraction of sp³-hybridized carbons (Fsp3) is 0.667. The van der Waals surface area contributed by atoms with Gasteiger partial charge in [0, 0.05) is 18.5 Å². The van der Waals surface area contributed by atoms with Gasteiger partial charge in [-0.05, 0) is 31.2 Å². The summed E-state index contributed by atoms with van der Waals surface area (Å²) in [5, 5.41) is 10.8. The van der Waals surface area contributed by atoms with Crippen LogP contribution < -0.4 is 0 Å². The van der Waals surface area contributed by atoms with Gasteiger partial charge in [0.2, 0.25) is 0 Å². The average molecular weight is 327 g/mol. The molecule has 0 aliphatic heterocycles. The number of halogens is 3. The topological polar surface area (TPSA) is 59.4 Å². The maximum Gasteiger partial charge on any atom is 0.408 e. The number of aryl methyl sites for hydroxylation is 2. The van der Waals surface area contributed by atoms with E-state index in [1.807, 2.05) is 0 Å². The van der Waals surface area contributed by atoms with Gasteiger partial charge in [-0.3, -0.25) is 5.10 Å². The Bertz CT molecular complexity index is 612. The van der Waals surface area contributed by atoms with E-state index in [1.54, 1.807) is 12.4 Å². The lowest BCUT2D eigenvalue weighted by atomic mass is 10.1. The predicted molar refractivity (Wildman–Crippen MR) is 77.9 cm³/mol. The largest absolute Gasteiger partial charge is 0.408 e. The van der Waals surface area contributed by atoms with E-state index in [4.69, 9.17) is 0 Å². The van der Waals surface area contributed by atoms with Crippen LogP contribution in [-0.2, 0) is 19.4 Å². The quantitative estimate of drug-likeness (QED) is 0.884. The summed E-state index contributed by atoms with van der Waals surface area (Å²) in [4.78, 5) is 4.42. The van der Waals surface area contributed by atoms with Gasteiger partial charge in [0.1, 0.15) is 12.4 Å². The number of nitrogens with zero attached hydrogens (tertiary/aromatic N) is 4. The van der Waals surface area contributed by atoms with Crippen LogP contribution >= 0.6 is 0 Å². The molecule has 0 aromatic carbocycles. The van der Waals surface area contributed by atoms with Crippen LogP contribution in [-0.4, -0.2) is 31.1 Å². The first-order valence-electron chi connectivity index (χ1n) is 7.99. The zero-order chi connectivity index (χ0) is 16.3. The maximum atomic E-state index is 12.8. The molecule has 126 valence electrons. The van der Waals surface area contributed by atoms with Gasteiger partial charge >= 0.3 is 6.18 Å². The lowest BCUT2D eigenvalue weighted by molar-refractivity contribution is -0.143. The molecule has 2 aromatic heterocycles. The van der Waals surface area contributed by atoms with E-state index in [2.05, 4.69) is 20.3 Å². The van der Waals surface area contributed by atoms with Gasteiger partial charge in [-0.2, -0.15) is 23.4 Å². The normalized spacial score (nSPS) is 16.3. The van der Waals surface area contributed by atoms with Crippen molar-refractivity contribution in [1.82, 2.24) is 25.0 Å². The standard InChI is InChI=1S/C15H20F3N5/c16-15(17,18)10-23-13(7-3-4-11-8-19-20-9-11)21-14(22-23)12-5-1-2-6-12/h8-9,12H,1-7,10H2,(H,19,20). The van der Waals surface area contributed by atoms with Gasteiger partial charge in [0.15, 0.2) is 5.82 Å². The zero-order valence-electron chi connectivity index (χ0n) is 12.8. The van der Waals surface area contributed by atoms with Crippen LogP contribution in [0.25, 0.3) is 0 Å². The monoisotopic (exact) mass is 327 g/mol. The number of aromatic nitrogens is 5. The molecular weight excluding hydrogens is 307 g/mol. The number of alkyl halides is 3. The van der Waals surface area contributed by atoms with Crippen molar-refractivity contribution in [3.63, 3.8) is 0 Å². The highest BCUT2D eigenvalue weighted by atomic mass is 19.4. The van der Waals surface area contributed by atoms with Gasteiger partial charge < -0.3 is 0 Å². The van der Waals surface area contributed by atoms with Gasteiger partial charge in [-0.25, -0.2) is 9.67 Å².